The van der Waals surface area contributed by atoms with Crippen molar-refractivity contribution in [2.75, 3.05) is 6.61 Å². The number of carbonyl (C=O) groups is 1. The lowest BCUT2D eigenvalue weighted by atomic mass is 9.72. The SMILES string of the molecule is CCCCCCCCCCCCC(=O)OCC=C(C)C=CC=C(C)C=CC1=C(C)CCCC1(C)C. The number of esters is 1. The van der Waals surface area contributed by atoms with Crippen molar-refractivity contribution in [1.82, 2.24) is 0 Å². The molecular weight excluding hydrogens is 428 g/mol. The summed E-state index contributed by atoms with van der Waals surface area (Å²) >= 11 is 0. The maximum Gasteiger partial charge on any atom is 0.306 e. The minimum absolute atomic E-state index is 0.0753. The third-order valence-corrected chi connectivity index (χ3v) is 7.16. The summed E-state index contributed by atoms with van der Waals surface area (Å²) in [5.41, 5.74) is 5.65. The molecule has 0 N–H and O–H groups in total. The van der Waals surface area contributed by atoms with E-state index in [1.54, 1.807) is 0 Å². The van der Waals surface area contributed by atoms with Crippen LogP contribution in [0.5, 0.6) is 0 Å². The first-order valence-electron chi connectivity index (χ1n) is 14.3. The molecule has 0 radical (unpaired) electrons. The van der Waals surface area contributed by atoms with Gasteiger partial charge in [0, 0.05) is 6.42 Å². The number of allylic oxidation sites excluding steroid dienone is 9. The monoisotopic (exact) mass is 482 g/mol. The number of hydrogen-bond acceptors (Lipinski definition) is 2. The molecule has 198 valence electrons. The second-order valence-electron chi connectivity index (χ2n) is 11.1. The molecule has 35 heavy (non-hydrogen) atoms. The molecule has 0 saturated heterocycles. The van der Waals surface area contributed by atoms with Gasteiger partial charge in [-0.25, -0.2) is 0 Å². The van der Waals surface area contributed by atoms with Gasteiger partial charge in [0.05, 0.1) is 0 Å². The van der Waals surface area contributed by atoms with E-state index < -0.39 is 0 Å². The fraction of sp³-hybridized carbons (Fsp3) is 0.667. The average Bonchev–Trinajstić information content (AvgIpc) is 2.79. The van der Waals surface area contributed by atoms with Crippen molar-refractivity contribution in [2.45, 2.75) is 131 Å². The highest BCUT2D eigenvalue weighted by Crippen LogP contribution is 2.40. The smallest absolute Gasteiger partial charge is 0.306 e. The van der Waals surface area contributed by atoms with E-state index in [2.05, 4.69) is 65.0 Å². The van der Waals surface area contributed by atoms with Crippen molar-refractivity contribution in [3.8, 4) is 0 Å². The van der Waals surface area contributed by atoms with Gasteiger partial charge in [-0.05, 0) is 63.5 Å². The Kier molecular flexibility index (Phi) is 16.4. The third-order valence-electron chi connectivity index (χ3n) is 7.16. The van der Waals surface area contributed by atoms with Crippen LogP contribution in [0.15, 0.2) is 58.7 Å². The number of rotatable bonds is 17. The zero-order valence-electron chi connectivity index (χ0n) is 23.9. The molecule has 0 amide bonds. The van der Waals surface area contributed by atoms with Gasteiger partial charge in [-0.3, -0.25) is 4.79 Å². The quantitative estimate of drug-likeness (QED) is 0.117. The number of hydrogen-bond donors (Lipinski definition) is 0. The normalized spacial score (nSPS) is 17.1. The Labute approximate surface area is 217 Å². The van der Waals surface area contributed by atoms with E-state index in [0.717, 1.165) is 18.4 Å². The zero-order valence-corrected chi connectivity index (χ0v) is 23.9. The summed E-state index contributed by atoms with van der Waals surface area (Å²) in [4.78, 5) is 11.9. The van der Waals surface area contributed by atoms with Crippen LogP contribution in [-0.2, 0) is 9.53 Å². The Balaban J connectivity index is 2.23. The molecule has 1 aliphatic carbocycles. The molecule has 0 heterocycles. The summed E-state index contributed by atoms with van der Waals surface area (Å²) in [6.45, 7) is 13.8. The van der Waals surface area contributed by atoms with Crippen LogP contribution in [0.25, 0.3) is 0 Å². The van der Waals surface area contributed by atoms with Gasteiger partial charge >= 0.3 is 5.97 Å². The van der Waals surface area contributed by atoms with Crippen molar-refractivity contribution in [1.29, 1.82) is 0 Å². The predicted octanol–water partition coefficient (Wildman–Crippen LogP) is 10.4. The molecule has 0 spiro atoms. The van der Waals surface area contributed by atoms with Gasteiger partial charge in [0.2, 0.25) is 0 Å². The molecule has 0 unspecified atom stereocenters. The van der Waals surface area contributed by atoms with E-state index in [1.165, 1.54) is 87.3 Å². The molecule has 0 aromatic rings. The third kappa shape index (κ3) is 15.0. The van der Waals surface area contributed by atoms with Crippen LogP contribution in [0, 0.1) is 5.41 Å². The fourth-order valence-electron chi connectivity index (χ4n) is 4.80. The number of ether oxygens (including phenoxy) is 1. The predicted molar refractivity (Wildman–Crippen MR) is 154 cm³/mol. The zero-order chi connectivity index (χ0) is 25.9. The Morgan fingerprint density at radius 1 is 0.914 bits per heavy atom. The summed E-state index contributed by atoms with van der Waals surface area (Å²) in [6, 6.07) is 0. The van der Waals surface area contributed by atoms with Gasteiger partial charge in [-0.2, -0.15) is 0 Å². The second kappa shape index (κ2) is 18.4. The van der Waals surface area contributed by atoms with Gasteiger partial charge in [0.15, 0.2) is 0 Å². The Morgan fingerprint density at radius 3 is 2.17 bits per heavy atom. The number of carbonyl (C=O) groups excluding carboxylic acids is 1. The summed E-state index contributed by atoms with van der Waals surface area (Å²) in [5, 5.41) is 0. The topological polar surface area (TPSA) is 26.3 Å². The molecule has 0 aromatic heterocycles. The van der Waals surface area contributed by atoms with Crippen LogP contribution in [0.3, 0.4) is 0 Å². The molecule has 1 aliphatic rings. The molecule has 2 nitrogen and oxygen atoms in total. The first kappa shape index (κ1) is 31.2. The van der Waals surface area contributed by atoms with Crippen LogP contribution in [0.4, 0.5) is 0 Å². The lowest BCUT2D eigenvalue weighted by Gasteiger charge is -2.32. The van der Waals surface area contributed by atoms with Gasteiger partial charge in [0.25, 0.3) is 0 Å². The van der Waals surface area contributed by atoms with E-state index in [4.69, 9.17) is 4.74 Å². The van der Waals surface area contributed by atoms with Crippen molar-refractivity contribution in [3.63, 3.8) is 0 Å². The minimum atomic E-state index is -0.0753. The van der Waals surface area contributed by atoms with Crippen molar-refractivity contribution >= 4 is 5.97 Å². The van der Waals surface area contributed by atoms with Crippen LogP contribution in [-0.4, -0.2) is 12.6 Å². The second-order valence-corrected chi connectivity index (χ2v) is 11.1. The first-order valence-corrected chi connectivity index (χ1v) is 14.3. The minimum Gasteiger partial charge on any atom is -0.461 e. The van der Waals surface area contributed by atoms with Crippen LogP contribution in [0.1, 0.15) is 131 Å². The van der Waals surface area contributed by atoms with Crippen LogP contribution in [0.2, 0.25) is 0 Å². The lowest BCUT2D eigenvalue weighted by Crippen LogP contribution is -2.19. The lowest BCUT2D eigenvalue weighted by molar-refractivity contribution is -0.142. The van der Waals surface area contributed by atoms with Crippen LogP contribution >= 0.6 is 0 Å². The van der Waals surface area contributed by atoms with Gasteiger partial charge in [-0.1, -0.05) is 126 Å². The van der Waals surface area contributed by atoms with Gasteiger partial charge in [0.1, 0.15) is 6.61 Å². The molecule has 2 heteroatoms. The maximum absolute atomic E-state index is 11.9. The highest BCUT2D eigenvalue weighted by atomic mass is 16.5. The summed E-state index contributed by atoms with van der Waals surface area (Å²) in [5.74, 6) is -0.0753. The van der Waals surface area contributed by atoms with Crippen molar-refractivity contribution in [2.24, 2.45) is 5.41 Å². The van der Waals surface area contributed by atoms with E-state index in [-0.39, 0.29) is 11.4 Å². The van der Waals surface area contributed by atoms with Gasteiger partial charge < -0.3 is 4.74 Å². The fourth-order valence-corrected chi connectivity index (χ4v) is 4.80. The molecule has 0 aromatic carbocycles. The molecule has 0 aliphatic heterocycles. The Hall–Kier alpha value is -1.83. The molecule has 0 saturated carbocycles. The summed E-state index contributed by atoms with van der Waals surface area (Å²) in [7, 11) is 0. The Morgan fingerprint density at radius 2 is 1.54 bits per heavy atom. The van der Waals surface area contributed by atoms with Crippen molar-refractivity contribution < 1.29 is 9.53 Å². The highest BCUT2D eigenvalue weighted by Gasteiger charge is 2.26. The van der Waals surface area contributed by atoms with Gasteiger partial charge in [-0.15, -0.1) is 0 Å². The average molecular weight is 483 g/mol. The van der Waals surface area contributed by atoms with Crippen molar-refractivity contribution in [3.05, 3.63) is 58.7 Å². The first-order chi connectivity index (χ1) is 16.8. The maximum atomic E-state index is 11.9. The van der Waals surface area contributed by atoms with E-state index in [9.17, 15) is 4.79 Å². The molecular formula is C33H54O2. The highest BCUT2D eigenvalue weighted by molar-refractivity contribution is 5.69. The summed E-state index contributed by atoms with van der Waals surface area (Å²) in [6.07, 6.45) is 29.9. The summed E-state index contributed by atoms with van der Waals surface area (Å²) < 4.78 is 5.38. The standard InChI is InChI=1S/C33H54O2/c1-7-8-9-10-11-12-13-14-15-16-22-32(34)35-27-25-29(3)20-17-19-28(2)23-24-31-30(4)21-18-26-33(31,5)6/h17,19-20,23-25H,7-16,18,21-22,26-27H2,1-6H3. The molecule has 0 bridgehead atoms. The molecule has 0 fully saturated rings. The van der Waals surface area contributed by atoms with Crippen LogP contribution < -0.4 is 0 Å². The Bertz CT molecular complexity index is 758. The van der Waals surface area contributed by atoms with E-state index in [1.807, 2.05) is 13.0 Å². The van der Waals surface area contributed by atoms with E-state index >= 15 is 0 Å². The molecule has 0 atom stereocenters. The van der Waals surface area contributed by atoms with E-state index in [0.29, 0.717) is 13.0 Å². The molecule has 1 rings (SSSR count). The number of unbranched alkanes of at least 4 members (excludes halogenated alkanes) is 9. The largest absolute Gasteiger partial charge is 0.461 e.